The molecule has 3 aromatic rings. The molecule has 1 amide bonds. The van der Waals surface area contributed by atoms with Gasteiger partial charge in [-0.15, -0.1) is 0 Å². The van der Waals surface area contributed by atoms with E-state index in [1.165, 1.54) is 12.2 Å². The van der Waals surface area contributed by atoms with Crippen molar-refractivity contribution in [3.63, 3.8) is 0 Å². The summed E-state index contributed by atoms with van der Waals surface area (Å²) in [6, 6.07) is 5.61. The Kier molecular flexibility index (Phi) is 5.13. The minimum absolute atomic E-state index is 0.159. The van der Waals surface area contributed by atoms with E-state index in [0.717, 1.165) is 22.2 Å². The fraction of sp³-hybridized carbons (Fsp3) is 0.133. The monoisotopic (exact) mass is 440 g/mol. The Morgan fingerprint density at radius 1 is 1.48 bits per heavy atom. The van der Waals surface area contributed by atoms with Crippen molar-refractivity contribution in [3.8, 4) is 0 Å². The molecule has 118 valence electrons. The molecular weight excluding hydrogens is 427 g/mol. The van der Waals surface area contributed by atoms with E-state index in [4.69, 9.17) is 2.51 Å². The molecule has 0 bridgehead atoms. The van der Waals surface area contributed by atoms with Gasteiger partial charge in [0.05, 0.1) is 5.56 Å². The third-order valence-corrected chi connectivity index (χ3v) is 4.34. The summed E-state index contributed by atoms with van der Waals surface area (Å²) >= 11 is 2.99. The normalized spacial score (nSPS) is 10.9. The van der Waals surface area contributed by atoms with Gasteiger partial charge in [-0.2, -0.15) is 0 Å². The number of hydrogen-bond donors (Lipinski definition) is 1. The van der Waals surface area contributed by atoms with E-state index >= 15 is 0 Å². The number of nitrogens with zero attached hydrogens (tertiary/aromatic N) is 3. The van der Waals surface area contributed by atoms with Crippen molar-refractivity contribution in [1.82, 2.24) is 19.3 Å². The van der Waals surface area contributed by atoms with Gasteiger partial charge in [0.2, 0.25) is 0 Å². The quantitative estimate of drug-likeness (QED) is 0.486. The number of hydrogen-bond acceptors (Lipinski definition) is 5. The van der Waals surface area contributed by atoms with Crippen molar-refractivity contribution in [2.24, 2.45) is 0 Å². The Bertz CT molecular complexity index is 838. The van der Waals surface area contributed by atoms with Gasteiger partial charge in [-0.05, 0) is 30.2 Å². The van der Waals surface area contributed by atoms with Crippen molar-refractivity contribution in [1.29, 1.82) is 0 Å². The molecule has 0 aliphatic heterocycles. The van der Waals surface area contributed by atoms with Gasteiger partial charge in [0.1, 0.15) is 35.2 Å². The molecule has 0 saturated carbocycles. The first-order valence-corrected chi connectivity index (χ1v) is 8.37. The van der Waals surface area contributed by atoms with Crippen molar-refractivity contribution in [2.75, 3.05) is 0 Å². The maximum absolute atomic E-state index is 12.3. The van der Waals surface area contributed by atoms with Gasteiger partial charge in [0.15, 0.2) is 5.65 Å². The van der Waals surface area contributed by atoms with Crippen LogP contribution in [0.25, 0.3) is 11.0 Å². The number of nitrogens with one attached hydrogen (secondary N) is 1. The SMILES string of the molecule is Cc1cn(SOI)c2ncc(C(=O)NCc3cccnc3)cc12. The minimum atomic E-state index is -0.159. The molecule has 8 heteroatoms. The van der Waals surface area contributed by atoms with Crippen molar-refractivity contribution < 1.29 is 7.31 Å². The Labute approximate surface area is 151 Å². The molecule has 0 radical (unpaired) electrons. The second-order valence-corrected chi connectivity index (χ2v) is 6.66. The Morgan fingerprint density at radius 3 is 3.09 bits per heavy atom. The molecule has 23 heavy (non-hydrogen) atoms. The van der Waals surface area contributed by atoms with Crippen LogP contribution in [0.4, 0.5) is 0 Å². The average Bonchev–Trinajstić information content (AvgIpc) is 2.89. The third-order valence-electron chi connectivity index (χ3n) is 3.36. The van der Waals surface area contributed by atoms with Crippen molar-refractivity contribution in [2.45, 2.75) is 13.5 Å². The van der Waals surface area contributed by atoms with Gasteiger partial charge >= 0.3 is 0 Å². The van der Waals surface area contributed by atoms with E-state index in [0.29, 0.717) is 12.1 Å². The zero-order valence-corrected chi connectivity index (χ0v) is 15.2. The molecule has 1 N–H and O–H groups in total. The predicted molar refractivity (Wildman–Crippen MR) is 98.0 cm³/mol. The lowest BCUT2D eigenvalue weighted by Crippen LogP contribution is -2.23. The van der Waals surface area contributed by atoms with E-state index in [-0.39, 0.29) is 5.91 Å². The molecule has 0 fully saturated rings. The summed E-state index contributed by atoms with van der Waals surface area (Å²) in [5.74, 6) is -0.159. The molecule has 0 unspecified atom stereocenters. The highest BCUT2D eigenvalue weighted by Gasteiger charge is 2.12. The van der Waals surface area contributed by atoms with Crippen LogP contribution in [-0.4, -0.2) is 19.8 Å². The number of aromatic nitrogens is 3. The number of fused-ring (bicyclic) bond motifs is 1. The maximum Gasteiger partial charge on any atom is 0.253 e. The van der Waals surface area contributed by atoms with E-state index in [2.05, 4.69) is 15.3 Å². The topological polar surface area (TPSA) is 69.0 Å². The summed E-state index contributed by atoms with van der Waals surface area (Å²) in [5.41, 5.74) is 3.29. The summed E-state index contributed by atoms with van der Waals surface area (Å²) in [5, 5.41) is 3.81. The van der Waals surface area contributed by atoms with Crippen LogP contribution >= 0.6 is 35.2 Å². The number of halogens is 1. The van der Waals surface area contributed by atoms with Gasteiger partial charge in [0.25, 0.3) is 5.91 Å². The number of rotatable bonds is 5. The van der Waals surface area contributed by atoms with Gasteiger partial charge in [-0.25, -0.2) is 7.50 Å². The number of pyridine rings is 2. The molecular formula is C15H13IN4O2S. The van der Waals surface area contributed by atoms with Crippen LogP contribution in [0.15, 0.2) is 43.0 Å². The Hall–Kier alpha value is -1.65. The third kappa shape index (κ3) is 3.65. The van der Waals surface area contributed by atoms with Crippen LogP contribution in [-0.2, 0) is 9.06 Å². The summed E-state index contributed by atoms with van der Waals surface area (Å²) < 4.78 is 6.87. The molecule has 0 atom stereocenters. The lowest BCUT2D eigenvalue weighted by atomic mass is 10.2. The van der Waals surface area contributed by atoms with Crippen LogP contribution < -0.4 is 5.32 Å². The van der Waals surface area contributed by atoms with Crippen LogP contribution in [0.1, 0.15) is 21.5 Å². The molecule has 3 aromatic heterocycles. The minimum Gasteiger partial charge on any atom is -0.348 e. The summed E-state index contributed by atoms with van der Waals surface area (Å²) in [6.45, 7) is 2.41. The molecule has 0 saturated heterocycles. The van der Waals surface area contributed by atoms with Gasteiger partial charge in [-0.3, -0.25) is 13.8 Å². The fourth-order valence-corrected chi connectivity index (χ4v) is 3.23. The van der Waals surface area contributed by atoms with E-state index in [1.807, 2.05) is 58.3 Å². The highest BCUT2D eigenvalue weighted by Crippen LogP contribution is 2.25. The second-order valence-electron chi connectivity index (χ2n) is 4.91. The zero-order chi connectivity index (χ0) is 16.2. The fourth-order valence-electron chi connectivity index (χ4n) is 2.23. The molecule has 0 aromatic carbocycles. The predicted octanol–water partition coefficient (Wildman–Crippen LogP) is 3.45. The zero-order valence-electron chi connectivity index (χ0n) is 12.2. The molecule has 3 heterocycles. The molecule has 6 nitrogen and oxygen atoms in total. The lowest BCUT2D eigenvalue weighted by molar-refractivity contribution is 0.0950. The summed E-state index contributed by atoms with van der Waals surface area (Å²) in [7, 11) is 0. The highest BCUT2D eigenvalue weighted by atomic mass is 127. The van der Waals surface area contributed by atoms with Crippen molar-refractivity contribution >= 4 is 52.2 Å². The smallest absolute Gasteiger partial charge is 0.253 e. The van der Waals surface area contributed by atoms with Crippen molar-refractivity contribution in [3.05, 3.63) is 59.7 Å². The molecule has 0 spiro atoms. The largest absolute Gasteiger partial charge is 0.348 e. The van der Waals surface area contributed by atoms with Crippen LogP contribution in [0.5, 0.6) is 0 Å². The molecule has 3 rings (SSSR count). The van der Waals surface area contributed by atoms with E-state index < -0.39 is 0 Å². The van der Waals surface area contributed by atoms with E-state index in [1.54, 1.807) is 18.6 Å². The number of carbonyl (C=O) groups excluding carboxylic acids is 1. The Morgan fingerprint density at radius 2 is 2.35 bits per heavy atom. The summed E-state index contributed by atoms with van der Waals surface area (Å²) in [6.07, 6.45) is 6.93. The van der Waals surface area contributed by atoms with Crippen LogP contribution in [0, 0.1) is 6.92 Å². The lowest BCUT2D eigenvalue weighted by Gasteiger charge is -2.05. The molecule has 0 aliphatic rings. The molecule has 0 aliphatic carbocycles. The van der Waals surface area contributed by atoms with Crippen LogP contribution in [0.3, 0.4) is 0 Å². The van der Waals surface area contributed by atoms with Gasteiger partial charge in [-0.1, -0.05) is 6.07 Å². The Balaban J connectivity index is 1.80. The number of aryl methyl sites for hydroxylation is 1. The number of carbonyl (C=O) groups is 1. The maximum atomic E-state index is 12.3. The van der Waals surface area contributed by atoms with E-state index in [9.17, 15) is 4.79 Å². The van der Waals surface area contributed by atoms with Gasteiger partial charge < -0.3 is 5.32 Å². The summed E-state index contributed by atoms with van der Waals surface area (Å²) in [4.78, 5) is 20.7. The first kappa shape index (κ1) is 16.2. The first-order chi connectivity index (χ1) is 11.2. The standard InChI is InChI=1S/C15H13IN4O2S/c1-10-9-20(23-22-16)14-13(10)5-12(8-18-14)15(21)19-7-11-3-2-4-17-6-11/h2-6,8-9H,7H2,1H3,(H,19,21). The average molecular weight is 440 g/mol. The highest BCUT2D eigenvalue weighted by molar-refractivity contribution is 14.1. The van der Waals surface area contributed by atoms with Gasteiger partial charge in [0, 0.05) is 36.7 Å². The second kappa shape index (κ2) is 7.28. The van der Waals surface area contributed by atoms with Crippen LogP contribution in [0.2, 0.25) is 0 Å². The first-order valence-electron chi connectivity index (χ1n) is 6.79. The number of amides is 1.